The topological polar surface area (TPSA) is 72.2 Å². The molecule has 2 atom stereocenters. The van der Waals surface area contributed by atoms with Gasteiger partial charge in [0, 0.05) is 17.0 Å². The largest absolute Gasteiger partial charge is 0.329 e. The highest BCUT2D eigenvalue weighted by atomic mass is 79.9. The maximum absolute atomic E-state index is 12.7. The van der Waals surface area contributed by atoms with Crippen molar-refractivity contribution in [3.8, 4) is 0 Å². The Morgan fingerprint density at radius 2 is 2.25 bits per heavy atom. The van der Waals surface area contributed by atoms with Crippen molar-refractivity contribution < 1.29 is 8.42 Å². The van der Waals surface area contributed by atoms with Crippen molar-refractivity contribution in [1.29, 1.82) is 0 Å². The second-order valence-corrected chi connectivity index (χ2v) is 9.87. The van der Waals surface area contributed by atoms with Gasteiger partial charge < -0.3 is 5.73 Å². The van der Waals surface area contributed by atoms with Gasteiger partial charge in [-0.1, -0.05) is 19.8 Å². The van der Waals surface area contributed by atoms with Crippen LogP contribution in [-0.2, 0) is 10.0 Å². The van der Waals surface area contributed by atoms with E-state index < -0.39 is 15.6 Å². The summed E-state index contributed by atoms with van der Waals surface area (Å²) in [5.74, 6) is 0.262. The van der Waals surface area contributed by atoms with E-state index in [1.807, 2.05) is 6.92 Å². The summed E-state index contributed by atoms with van der Waals surface area (Å²) in [6.07, 6.45) is 4.00. The Balaban J connectivity index is 2.33. The highest BCUT2D eigenvalue weighted by Crippen LogP contribution is 2.36. The van der Waals surface area contributed by atoms with E-state index in [0.29, 0.717) is 11.4 Å². The fourth-order valence-electron chi connectivity index (χ4n) is 2.93. The van der Waals surface area contributed by atoms with Crippen LogP contribution in [0, 0.1) is 12.8 Å². The van der Waals surface area contributed by atoms with Gasteiger partial charge in [-0.2, -0.15) is 0 Å². The Kier molecular flexibility index (Phi) is 4.96. The Morgan fingerprint density at radius 1 is 1.55 bits per heavy atom. The summed E-state index contributed by atoms with van der Waals surface area (Å²) < 4.78 is 29.1. The molecule has 0 bridgehead atoms. The molecule has 20 heavy (non-hydrogen) atoms. The third kappa shape index (κ3) is 3.11. The van der Waals surface area contributed by atoms with Crippen LogP contribution in [0.1, 0.15) is 37.5 Å². The summed E-state index contributed by atoms with van der Waals surface area (Å²) in [6, 6.07) is 1.67. The van der Waals surface area contributed by atoms with E-state index in [4.69, 9.17) is 5.73 Å². The van der Waals surface area contributed by atoms with Crippen LogP contribution >= 0.6 is 27.3 Å². The summed E-state index contributed by atoms with van der Waals surface area (Å²) in [7, 11) is -3.52. The average Bonchev–Trinajstić information content (AvgIpc) is 2.72. The highest BCUT2D eigenvalue weighted by molar-refractivity contribution is 9.11. The number of thiophene rings is 1. The molecule has 1 aliphatic rings. The lowest BCUT2D eigenvalue weighted by Gasteiger charge is -2.42. The van der Waals surface area contributed by atoms with Crippen LogP contribution in [0.5, 0.6) is 0 Å². The Labute approximate surface area is 133 Å². The quantitative estimate of drug-likeness (QED) is 0.842. The molecule has 0 saturated heterocycles. The predicted octanol–water partition coefficient (Wildman–Crippen LogP) is 3.00. The molecule has 1 fully saturated rings. The summed E-state index contributed by atoms with van der Waals surface area (Å²) in [5.41, 5.74) is 5.42. The van der Waals surface area contributed by atoms with E-state index >= 15 is 0 Å². The van der Waals surface area contributed by atoms with Crippen LogP contribution in [0.3, 0.4) is 0 Å². The lowest BCUT2D eigenvalue weighted by molar-refractivity contribution is 0.191. The number of nitrogens with one attached hydrogen (secondary N) is 1. The van der Waals surface area contributed by atoms with E-state index in [9.17, 15) is 8.42 Å². The van der Waals surface area contributed by atoms with E-state index in [0.717, 1.165) is 34.3 Å². The van der Waals surface area contributed by atoms with Crippen molar-refractivity contribution in [3.63, 3.8) is 0 Å². The van der Waals surface area contributed by atoms with E-state index in [1.54, 1.807) is 6.07 Å². The van der Waals surface area contributed by atoms with Crippen molar-refractivity contribution >= 4 is 37.3 Å². The molecule has 4 nitrogen and oxygen atoms in total. The lowest BCUT2D eigenvalue weighted by atomic mass is 9.74. The van der Waals surface area contributed by atoms with Crippen molar-refractivity contribution in [2.24, 2.45) is 11.7 Å². The number of sulfonamides is 1. The molecule has 1 saturated carbocycles. The zero-order chi connectivity index (χ0) is 15.0. The molecule has 1 aromatic rings. The van der Waals surface area contributed by atoms with Crippen LogP contribution in [0.4, 0.5) is 0 Å². The molecule has 3 N–H and O–H groups in total. The maximum Gasteiger partial charge on any atom is 0.242 e. The molecule has 0 aliphatic heterocycles. The normalized spacial score (nSPS) is 27.7. The van der Waals surface area contributed by atoms with E-state index in [-0.39, 0.29) is 5.92 Å². The molecule has 0 radical (unpaired) electrons. The first-order valence-corrected chi connectivity index (χ1v) is 9.90. The molecule has 1 aromatic heterocycles. The molecule has 7 heteroatoms. The molecule has 114 valence electrons. The zero-order valence-corrected chi connectivity index (χ0v) is 15.0. The smallest absolute Gasteiger partial charge is 0.242 e. The first kappa shape index (κ1) is 16.4. The summed E-state index contributed by atoms with van der Waals surface area (Å²) in [4.78, 5) is 1.15. The van der Waals surface area contributed by atoms with Gasteiger partial charge in [0.25, 0.3) is 0 Å². The Hall–Kier alpha value is 0.0500. The lowest BCUT2D eigenvalue weighted by Crippen LogP contribution is -2.58. The van der Waals surface area contributed by atoms with Gasteiger partial charge in [-0.3, -0.25) is 0 Å². The monoisotopic (exact) mass is 380 g/mol. The first-order chi connectivity index (χ1) is 9.31. The van der Waals surface area contributed by atoms with Crippen molar-refractivity contribution in [2.45, 2.75) is 50.0 Å². The molecule has 2 rings (SSSR count). The number of hydrogen-bond acceptors (Lipinski definition) is 4. The van der Waals surface area contributed by atoms with Gasteiger partial charge >= 0.3 is 0 Å². The van der Waals surface area contributed by atoms with Crippen LogP contribution in [0.15, 0.2) is 14.7 Å². The third-order valence-electron chi connectivity index (χ3n) is 4.29. The zero-order valence-electron chi connectivity index (χ0n) is 11.8. The Morgan fingerprint density at radius 3 is 2.75 bits per heavy atom. The molecule has 0 spiro atoms. The summed E-state index contributed by atoms with van der Waals surface area (Å²) >= 11 is 4.78. The average molecular weight is 381 g/mol. The second-order valence-electron chi connectivity index (χ2n) is 5.58. The number of hydrogen-bond donors (Lipinski definition) is 2. The molecule has 0 aromatic carbocycles. The van der Waals surface area contributed by atoms with Crippen molar-refractivity contribution in [2.75, 3.05) is 6.54 Å². The van der Waals surface area contributed by atoms with Gasteiger partial charge in [0.1, 0.15) is 0 Å². The SMILES string of the molecule is Cc1sc(Br)cc1S(=O)(=O)NC1(CN)CCCCC1C. The minimum atomic E-state index is -3.52. The first-order valence-electron chi connectivity index (χ1n) is 6.81. The van der Waals surface area contributed by atoms with Gasteiger partial charge in [0.15, 0.2) is 0 Å². The standard InChI is InChI=1S/C13H21BrN2O2S2/c1-9-5-3-4-6-13(9,8-15)16-20(17,18)11-7-12(14)19-10(11)2/h7,9,16H,3-6,8,15H2,1-2H3. The van der Waals surface area contributed by atoms with E-state index in [2.05, 4.69) is 27.6 Å². The van der Waals surface area contributed by atoms with Gasteiger partial charge in [-0.15, -0.1) is 11.3 Å². The summed E-state index contributed by atoms with van der Waals surface area (Å²) in [5, 5.41) is 0. The number of aryl methyl sites for hydroxylation is 1. The van der Waals surface area contributed by atoms with Gasteiger partial charge in [-0.05, 0) is 47.7 Å². The number of rotatable bonds is 4. The van der Waals surface area contributed by atoms with Gasteiger partial charge in [-0.25, -0.2) is 13.1 Å². The van der Waals surface area contributed by atoms with Crippen molar-refractivity contribution in [1.82, 2.24) is 4.72 Å². The molecule has 0 amide bonds. The fraction of sp³-hybridized carbons (Fsp3) is 0.692. The van der Waals surface area contributed by atoms with Crippen LogP contribution in [-0.4, -0.2) is 20.5 Å². The van der Waals surface area contributed by atoms with E-state index in [1.165, 1.54) is 11.3 Å². The molecular weight excluding hydrogens is 360 g/mol. The fourth-order valence-corrected chi connectivity index (χ4v) is 6.88. The minimum absolute atomic E-state index is 0.262. The molecule has 1 heterocycles. The van der Waals surface area contributed by atoms with Crippen molar-refractivity contribution in [3.05, 3.63) is 14.7 Å². The highest BCUT2D eigenvalue weighted by Gasteiger charge is 2.41. The van der Waals surface area contributed by atoms with Crippen LogP contribution in [0.2, 0.25) is 0 Å². The molecule has 2 unspecified atom stereocenters. The Bertz CT molecular complexity index is 585. The molecule has 1 aliphatic carbocycles. The van der Waals surface area contributed by atoms with Gasteiger partial charge in [0.05, 0.1) is 8.68 Å². The van der Waals surface area contributed by atoms with Crippen LogP contribution < -0.4 is 10.5 Å². The predicted molar refractivity (Wildman–Crippen MR) is 86.5 cm³/mol. The van der Waals surface area contributed by atoms with Gasteiger partial charge in [0.2, 0.25) is 10.0 Å². The maximum atomic E-state index is 12.7. The summed E-state index contributed by atoms with van der Waals surface area (Å²) in [6.45, 7) is 4.26. The molecular formula is C13H21BrN2O2S2. The third-order valence-corrected chi connectivity index (χ3v) is 7.65. The van der Waals surface area contributed by atoms with Crippen LogP contribution in [0.25, 0.3) is 0 Å². The second kappa shape index (κ2) is 6.04. The minimum Gasteiger partial charge on any atom is -0.329 e. The number of nitrogens with two attached hydrogens (primary N) is 1. The number of halogens is 1.